The molecule has 0 saturated heterocycles. The van der Waals surface area contributed by atoms with Crippen molar-refractivity contribution in [2.24, 2.45) is 0 Å². The van der Waals surface area contributed by atoms with Crippen molar-refractivity contribution >= 4 is 44.7 Å². The molecule has 3 rings (SSSR count). The SMILES string of the molecule is CC(C)Oc1ccc(S(=O)(=O)Nc2ccc(Cl)cc2C(=O)c2cccc(Cl)c2)cc1. The van der Waals surface area contributed by atoms with Gasteiger partial charge in [0.25, 0.3) is 10.0 Å². The first-order valence-electron chi connectivity index (χ1n) is 9.05. The lowest BCUT2D eigenvalue weighted by Crippen LogP contribution is -2.16. The monoisotopic (exact) mass is 463 g/mol. The van der Waals surface area contributed by atoms with E-state index in [0.717, 1.165) is 0 Å². The molecule has 0 aromatic heterocycles. The Morgan fingerprint density at radius 1 is 0.933 bits per heavy atom. The van der Waals surface area contributed by atoms with Crippen LogP contribution in [-0.2, 0) is 10.0 Å². The third kappa shape index (κ3) is 5.33. The summed E-state index contributed by atoms with van der Waals surface area (Å²) in [5, 5.41) is 0.701. The van der Waals surface area contributed by atoms with Crippen molar-refractivity contribution in [3.05, 3.63) is 87.9 Å². The highest BCUT2D eigenvalue weighted by molar-refractivity contribution is 7.92. The van der Waals surface area contributed by atoms with Gasteiger partial charge in [-0.2, -0.15) is 0 Å². The van der Waals surface area contributed by atoms with Gasteiger partial charge in [0.15, 0.2) is 5.78 Å². The maximum Gasteiger partial charge on any atom is 0.261 e. The summed E-state index contributed by atoms with van der Waals surface area (Å²) in [4.78, 5) is 13.0. The van der Waals surface area contributed by atoms with Crippen LogP contribution in [0.15, 0.2) is 71.6 Å². The predicted octanol–water partition coefficient (Wildman–Crippen LogP) is 5.81. The van der Waals surface area contributed by atoms with E-state index in [1.54, 1.807) is 30.3 Å². The Labute approximate surface area is 185 Å². The van der Waals surface area contributed by atoms with Gasteiger partial charge < -0.3 is 4.74 Å². The molecule has 1 N–H and O–H groups in total. The maximum atomic E-state index is 13.0. The highest BCUT2D eigenvalue weighted by Crippen LogP contribution is 2.27. The van der Waals surface area contributed by atoms with E-state index in [1.807, 2.05) is 13.8 Å². The number of ketones is 1. The molecule has 5 nitrogen and oxygen atoms in total. The van der Waals surface area contributed by atoms with Gasteiger partial charge in [-0.05, 0) is 68.4 Å². The van der Waals surface area contributed by atoms with Crippen molar-refractivity contribution in [1.29, 1.82) is 0 Å². The van der Waals surface area contributed by atoms with Crippen LogP contribution in [0.3, 0.4) is 0 Å². The fourth-order valence-electron chi connectivity index (χ4n) is 2.75. The van der Waals surface area contributed by atoms with E-state index in [0.29, 0.717) is 21.4 Å². The molecule has 3 aromatic carbocycles. The van der Waals surface area contributed by atoms with Crippen LogP contribution in [-0.4, -0.2) is 20.3 Å². The standard InChI is InChI=1S/C22H19Cl2NO4S/c1-14(2)29-18-7-9-19(10-8-18)30(27,28)25-21-11-6-17(24)13-20(21)22(26)15-4-3-5-16(23)12-15/h3-14,25H,1-2H3. The Balaban J connectivity index is 1.93. The first-order chi connectivity index (χ1) is 14.2. The topological polar surface area (TPSA) is 72.5 Å². The van der Waals surface area contributed by atoms with Gasteiger partial charge in [0.1, 0.15) is 5.75 Å². The van der Waals surface area contributed by atoms with Crippen LogP contribution < -0.4 is 9.46 Å². The number of carbonyl (C=O) groups excluding carboxylic acids is 1. The minimum Gasteiger partial charge on any atom is -0.491 e. The zero-order valence-corrected chi connectivity index (χ0v) is 18.6. The number of sulfonamides is 1. The highest BCUT2D eigenvalue weighted by atomic mass is 35.5. The number of hydrogen-bond donors (Lipinski definition) is 1. The first-order valence-corrected chi connectivity index (χ1v) is 11.3. The summed E-state index contributed by atoms with van der Waals surface area (Å²) < 4.78 is 33.7. The number of nitrogens with one attached hydrogen (secondary N) is 1. The van der Waals surface area contributed by atoms with E-state index in [2.05, 4.69) is 4.72 Å². The lowest BCUT2D eigenvalue weighted by molar-refractivity contribution is 0.103. The van der Waals surface area contributed by atoms with Gasteiger partial charge in [0.2, 0.25) is 0 Å². The Bertz CT molecular complexity index is 1180. The van der Waals surface area contributed by atoms with Crippen molar-refractivity contribution in [2.45, 2.75) is 24.8 Å². The highest BCUT2D eigenvalue weighted by Gasteiger charge is 2.20. The summed E-state index contributed by atoms with van der Waals surface area (Å²) in [6.07, 6.45) is -0.0280. The number of halogens is 2. The third-order valence-electron chi connectivity index (χ3n) is 4.06. The number of rotatable bonds is 7. The van der Waals surface area contributed by atoms with Crippen LogP contribution in [0.4, 0.5) is 5.69 Å². The van der Waals surface area contributed by atoms with Crippen LogP contribution in [0.5, 0.6) is 5.75 Å². The van der Waals surface area contributed by atoms with Gasteiger partial charge in [0.05, 0.1) is 16.7 Å². The zero-order chi connectivity index (χ0) is 21.9. The number of carbonyl (C=O) groups is 1. The molecule has 0 heterocycles. The molecule has 0 bridgehead atoms. The maximum absolute atomic E-state index is 13.0. The van der Waals surface area contributed by atoms with E-state index >= 15 is 0 Å². The molecule has 0 aliphatic carbocycles. The van der Waals surface area contributed by atoms with Crippen LogP contribution >= 0.6 is 23.2 Å². The van der Waals surface area contributed by atoms with E-state index in [4.69, 9.17) is 27.9 Å². The van der Waals surface area contributed by atoms with Crippen molar-refractivity contribution in [2.75, 3.05) is 4.72 Å². The van der Waals surface area contributed by atoms with Crippen molar-refractivity contribution in [1.82, 2.24) is 0 Å². The largest absolute Gasteiger partial charge is 0.491 e. The molecule has 0 unspecified atom stereocenters. The molecule has 0 aliphatic rings. The smallest absolute Gasteiger partial charge is 0.261 e. The molecular weight excluding hydrogens is 445 g/mol. The molecule has 30 heavy (non-hydrogen) atoms. The Hall–Kier alpha value is -2.54. The van der Waals surface area contributed by atoms with Crippen molar-refractivity contribution < 1.29 is 17.9 Å². The molecule has 8 heteroatoms. The van der Waals surface area contributed by atoms with Gasteiger partial charge in [-0.3, -0.25) is 9.52 Å². The first kappa shape index (κ1) is 22.2. The van der Waals surface area contributed by atoms with Gasteiger partial charge in [-0.15, -0.1) is 0 Å². The summed E-state index contributed by atoms with van der Waals surface area (Å²) in [6, 6.07) is 16.8. The summed E-state index contributed by atoms with van der Waals surface area (Å²) in [5.41, 5.74) is 0.556. The second-order valence-corrected chi connectivity index (χ2v) is 9.33. The average molecular weight is 464 g/mol. The van der Waals surface area contributed by atoms with Gasteiger partial charge >= 0.3 is 0 Å². The second kappa shape index (κ2) is 9.08. The van der Waals surface area contributed by atoms with Crippen molar-refractivity contribution in [3.8, 4) is 5.75 Å². The lowest BCUT2D eigenvalue weighted by Gasteiger charge is -2.14. The number of ether oxygens (including phenoxy) is 1. The average Bonchev–Trinajstić information content (AvgIpc) is 2.68. The Kier molecular flexibility index (Phi) is 6.71. The van der Waals surface area contributed by atoms with E-state index < -0.39 is 15.8 Å². The second-order valence-electron chi connectivity index (χ2n) is 6.77. The van der Waals surface area contributed by atoms with E-state index in [-0.39, 0.29) is 22.3 Å². The van der Waals surface area contributed by atoms with E-state index in [9.17, 15) is 13.2 Å². The fraction of sp³-hybridized carbons (Fsp3) is 0.136. The lowest BCUT2D eigenvalue weighted by atomic mass is 10.0. The molecule has 3 aromatic rings. The van der Waals surface area contributed by atoms with Crippen LogP contribution in [0.2, 0.25) is 10.0 Å². The summed E-state index contributed by atoms with van der Waals surface area (Å²) in [7, 11) is -3.94. The summed E-state index contributed by atoms with van der Waals surface area (Å²) >= 11 is 12.0. The number of anilines is 1. The minimum atomic E-state index is -3.94. The molecule has 156 valence electrons. The third-order valence-corrected chi connectivity index (χ3v) is 5.91. The molecular formula is C22H19Cl2NO4S. The number of benzene rings is 3. The number of hydrogen-bond acceptors (Lipinski definition) is 4. The normalized spacial score (nSPS) is 11.4. The van der Waals surface area contributed by atoms with Crippen LogP contribution in [0.1, 0.15) is 29.8 Å². The van der Waals surface area contributed by atoms with E-state index in [1.165, 1.54) is 36.4 Å². The molecule has 0 aliphatic heterocycles. The molecule has 0 radical (unpaired) electrons. The van der Waals surface area contributed by atoms with Gasteiger partial charge in [0, 0.05) is 21.2 Å². The van der Waals surface area contributed by atoms with Crippen LogP contribution in [0, 0.1) is 0 Å². The summed E-state index contributed by atoms with van der Waals surface area (Å²) in [5.74, 6) is 0.158. The molecule has 0 fully saturated rings. The predicted molar refractivity (Wildman–Crippen MR) is 119 cm³/mol. The van der Waals surface area contributed by atoms with Crippen LogP contribution in [0.25, 0.3) is 0 Å². The Morgan fingerprint density at radius 3 is 2.23 bits per heavy atom. The summed E-state index contributed by atoms with van der Waals surface area (Å²) in [6.45, 7) is 3.76. The molecule has 0 saturated carbocycles. The Morgan fingerprint density at radius 2 is 1.60 bits per heavy atom. The fourth-order valence-corrected chi connectivity index (χ4v) is 4.19. The zero-order valence-electron chi connectivity index (χ0n) is 16.2. The van der Waals surface area contributed by atoms with Gasteiger partial charge in [-0.25, -0.2) is 8.42 Å². The quantitative estimate of drug-likeness (QED) is 0.448. The van der Waals surface area contributed by atoms with Gasteiger partial charge in [-0.1, -0.05) is 35.3 Å². The molecule has 0 atom stereocenters. The molecule has 0 amide bonds. The van der Waals surface area contributed by atoms with Crippen molar-refractivity contribution in [3.63, 3.8) is 0 Å². The minimum absolute atomic E-state index is 0.0280. The molecule has 0 spiro atoms.